The van der Waals surface area contributed by atoms with Crippen LogP contribution >= 0.6 is 0 Å². The topological polar surface area (TPSA) is 121 Å². The third-order valence-corrected chi connectivity index (χ3v) is 2.22. The molecule has 7 nitrogen and oxygen atoms in total. The van der Waals surface area contributed by atoms with Gasteiger partial charge in [-0.2, -0.15) is 12.8 Å². The number of hydrogen-bond acceptors (Lipinski definition) is 5. The van der Waals surface area contributed by atoms with E-state index in [9.17, 15) is 18.0 Å². The first-order chi connectivity index (χ1) is 8.93. The predicted molar refractivity (Wildman–Crippen MR) is 66.1 cm³/mol. The molecule has 0 unspecified atom stereocenters. The minimum Gasteiger partial charge on any atom is -0.481 e. The van der Waals surface area contributed by atoms with Crippen molar-refractivity contribution in [1.82, 2.24) is 0 Å². The summed E-state index contributed by atoms with van der Waals surface area (Å²) in [7, 11) is -2.83. The summed E-state index contributed by atoms with van der Waals surface area (Å²) >= 11 is 0. The van der Waals surface area contributed by atoms with E-state index >= 15 is 0 Å². The van der Waals surface area contributed by atoms with Crippen LogP contribution in [0.1, 0.15) is 12.8 Å². The second-order valence-corrected chi connectivity index (χ2v) is 3.91. The molecule has 0 amide bonds. The van der Waals surface area contributed by atoms with E-state index in [-0.39, 0.29) is 6.42 Å². The highest BCUT2D eigenvalue weighted by atomic mass is 32.2. The van der Waals surface area contributed by atoms with Crippen molar-refractivity contribution in [3.63, 3.8) is 0 Å². The molecule has 1 aromatic rings. The van der Waals surface area contributed by atoms with Crippen LogP contribution in [0.2, 0.25) is 0 Å². The molecular formula is C11H13NO6S. The molecule has 0 aromatic heterocycles. The average molecular weight is 287 g/mol. The number of carbonyl (C=O) groups is 2. The zero-order valence-electron chi connectivity index (χ0n) is 9.84. The molecule has 1 aromatic carbocycles. The highest BCUT2D eigenvalue weighted by Crippen LogP contribution is 2.02. The van der Waals surface area contributed by atoms with Crippen LogP contribution in [0.3, 0.4) is 0 Å². The standard InChI is InChI=1S/C6H6.C5H7NO6S/c1-2-4-6-5-3-1;7-4(8)2-1-3(5(9)10)6-13(11)12/h1-6H;3H,1-2H2,(H,7,8)(H,9,10)/t;3-/m.0/s1. The minimum absolute atomic E-state index is 0.335. The van der Waals surface area contributed by atoms with Crippen LogP contribution in [0.4, 0.5) is 0 Å². The summed E-state index contributed by atoms with van der Waals surface area (Å²) in [5, 5.41) is 16.6. The fourth-order valence-corrected chi connectivity index (χ4v) is 1.37. The van der Waals surface area contributed by atoms with Gasteiger partial charge in [0, 0.05) is 6.42 Å². The Morgan fingerprint density at radius 1 is 1.00 bits per heavy atom. The van der Waals surface area contributed by atoms with Gasteiger partial charge in [-0.1, -0.05) is 36.4 Å². The summed E-state index contributed by atoms with van der Waals surface area (Å²) in [6.45, 7) is 0. The van der Waals surface area contributed by atoms with Crippen LogP contribution in [0.15, 0.2) is 40.8 Å². The zero-order chi connectivity index (χ0) is 14.7. The predicted octanol–water partition coefficient (Wildman–Crippen LogP) is 1.05. The summed E-state index contributed by atoms with van der Waals surface area (Å²) < 4.78 is 22.8. The molecule has 0 aliphatic carbocycles. The van der Waals surface area contributed by atoms with Gasteiger partial charge in [0.15, 0.2) is 6.04 Å². The van der Waals surface area contributed by atoms with E-state index in [4.69, 9.17) is 10.2 Å². The Kier molecular flexibility index (Phi) is 8.63. The van der Waals surface area contributed by atoms with Crippen molar-refractivity contribution in [1.29, 1.82) is 0 Å². The maximum atomic E-state index is 10.3. The smallest absolute Gasteiger partial charge is 0.329 e. The van der Waals surface area contributed by atoms with Crippen LogP contribution in [0.25, 0.3) is 0 Å². The first-order valence-corrected chi connectivity index (χ1v) is 6.21. The van der Waals surface area contributed by atoms with Gasteiger partial charge in [-0.3, -0.25) is 4.79 Å². The van der Waals surface area contributed by atoms with E-state index < -0.39 is 34.9 Å². The lowest BCUT2D eigenvalue weighted by Gasteiger charge is -2.00. The maximum absolute atomic E-state index is 10.3. The number of carboxylic acids is 2. The Balaban J connectivity index is 0.000000443. The summed E-state index contributed by atoms with van der Waals surface area (Å²) in [6, 6.07) is 10.5. The van der Waals surface area contributed by atoms with E-state index in [0.29, 0.717) is 0 Å². The van der Waals surface area contributed by atoms with Crippen molar-refractivity contribution in [2.45, 2.75) is 18.9 Å². The summed E-state index contributed by atoms with van der Waals surface area (Å²) in [5.74, 6) is -2.65. The second kappa shape index (κ2) is 9.77. The fraction of sp³-hybridized carbons (Fsp3) is 0.273. The largest absolute Gasteiger partial charge is 0.481 e. The molecule has 0 aliphatic heterocycles. The molecule has 19 heavy (non-hydrogen) atoms. The van der Waals surface area contributed by atoms with Crippen molar-refractivity contribution in [3.05, 3.63) is 36.4 Å². The summed E-state index contributed by atoms with van der Waals surface area (Å²) in [4.78, 5) is 20.3. The second-order valence-electron chi connectivity index (χ2n) is 3.26. The first-order valence-electron chi connectivity index (χ1n) is 5.18. The fourth-order valence-electron chi connectivity index (χ4n) is 0.970. The Bertz CT molecular complexity index is 491. The van der Waals surface area contributed by atoms with Gasteiger partial charge >= 0.3 is 22.4 Å². The zero-order valence-corrected chi connectivity index (χ0v) is 10.7. The maximum Gasteiger partial charge on any atom is 0.329 e. The van der Waals surface area contributed by atoms with Crippen molar-refractivity contribution < 1.29 is 28.2 Å². The number of rotatable bonds is 5. The Morgan fingerprint density at radius 3 is 1.68 bits per heavy atom. The molecule has 0 saturated carbocycles. The van der Waals surface area contributed by atoms with Gasteiger partial charge in [0.05, 0.1) is 0 Å². The van der Waals surface area contributed by atoms with E-state index in [1.165, 1.54) is 0 Å². The lowest BCUT2D eigenvalue weighted by Crippen LogP contribution is -2.18. The highest BCUT2D eigenvalue weighted by Gasteiger charge is 2.17. The third-order valence-electron chi connectivity index (χ3n) is 1.80. The van der Waals surface area contributed by atoms with E-state index in [1.54, 1.807) is 0 Å². The molecule has 104 valence electrons. The number of hydrogen-bond donors (Lipinski definition) is 2. The Hall–Kier alpha value is -2.22. The summed E-state index contributed by atoms with van der Waals surface area (Å²) in [6.07, 6.45) is -0.768. The van der Waals surface area contributed by atoms with E-state index in [0.717, 1.165) is 0 Å². The lowest BCUT2D eigenvalue weighted by molar-refractivity contribution is -0.139. The lowest BCUT2D eigenvalue weighted by atomic mass is 10.2. The van der Waals surface area contributed by atoms with Crippen LogP contribution in [0, 0.1) is 0 Å². The van der Waals surface area contributed by atoms with Gasteiger partial charge in [-0.15, -0.1) is 0 Å². The monoisotopic (exact) mass is 287 g/mol. The van der Waals surface area contributed by atoms with Crippen LogP contribution in [-0.4, -0.2) is 36.6 Å². The van der Waals surface area contributed by atoms with Crippen molar-refractivity contribution in [3.8, 4) is 0 Å². The van der Waals surface area contributed by atoms with Crippen LogP contribution in [-0.2, 0) is 20.1 Å². The van der Waals surface area contributed by atoms with E-state index in [2.05, 4.69) is 4.36 Å². The minimum atomic E-state index is -2.83. The molecule has 0 saturated heterocycles. The first kappa shape index (κ1) is 16.8. The van der Waals surface area contributed by atoms with Crippen LogP contribution < -0.4 is 0 Å². The molecule has 1 atom stereocenters. The molecule has 0 radical (unpaired) electrons. The molecular weight excluding hydrogens is 274 g/mol. The highest BCUT2D eigenvalue weighted by molar-refractivity contribution is 7.61. The van der Waals surface area contributed by atoms with Gasteiger partial charge in [0.1, 0.15) is 0 Å². The van der Waals surface area contributed by atoms with Gasteiger partial charge in [-0.25, -0.2) is 4.79 Å². The molecule has 0 heterocycles. The van der Waals surface area contributed by atoms with Crippen molar-refractivity contribution in [2.75, 3.05) is 0 Å². The van der Waals surface area contributed by atoms with Crippen LogP contribution in [0.5, 0.6) is 0 Å². The number of nitrogens with zero attached hydrogens (tertiary/aromatic N) is 1. The number of aliphatic carboxylic acids is 2. The molecule has 0 spiro atoms. The van der Waals surface area contributed by atoms with Gasteiger partial charge in [0.2, 0.25) is 0 Å². The molecule has 0 fully saturated rings. The third kappa shape index (κ3) is 10.6. The molecule has 0 aliphatic rings. The van der Waals surface area contributed by atoms with Crippen molar-refractivity contribution in [2.24, 2.45) is 4.36 Å². The molecule has 8 heteroatoms. The SMILES string of the molecule is O=C(O)CC[C@H](N=S(=O)=O)C(=O)O.c1ccccc1. The quantitative estimate of drug-likeness (QED) is 0.835. The number of carboxylic acid groups (broad SMARTS) is 2. The molecule has 0 bridgehead atoms. The Labute approximate surface area is 111 Å². The van der Waals surface area contributed by atoms with E-state index in [1.807, 2.05) is 36.4 Å². The summed E-state index contributed by atoms with van der Waals surface area (Å²) in [5.41, 5.74) is 0. The molecule has 2 N–H and O–H groups in total. The Morgan fingerprint density at radius 2 is 1.42 bits per heavy atom. The van der Waals surface area contributed by atoms with Gasteiger partial charge in [0.25, 0.3) is 0 Å². The number of benzene rings is 1. The van der Waals surface area contributed by atoms with Gasteiger partial charge in [-0.05, 0) is 6.42 Å². The molecule has 1 rings (SSSR count). The normalized spacial score (nSPS) is 10.5. The average Bonchev–Trinajstić information content (AvgIpc) is 2.36. The van der Waals surface area contributed by atoms with Crippen molar-refractivity contribution >= 4 is 22.4 Å². The van der Waals surface area contributed by atoms with Gasteiger partial charge < -0.3 is 10.2 Å².